The summed E-state index contributed by atoms with van der Waals surface area (Å²) in [5.41, 5.74) is 1.17. The molecular weight excluding hydrogens is 338 g/mol. The monoisotopic (exact) mass is 361 g/mol. The maximum absolute atomic E-state index is 12.3. The molecular formula is C15H24BrNO2S. The van der Waals surface area contributed by atoms with Gasteiger partial charge < -0.3 is 0 Å². The Morgan fingerprint density at radius 2 is 1.80 bits per heavy atom. The normalized spacial score (nSPS) is 13.7. The van der Waals surface area contributed by atoms with Crippen LogP contribution in [0.25, 0.3) is 0 Å². The molecule has 0 aliphatic heterocycles. The SMILES string of the molecule is CCCc1ccc(S(=O)(=O)NC(CBr)CC(C)C)cc1. The van der Waals surface area contributed by atoms with Gasteiger partial charge in [0.15, 0.2) is 0 Å². The predicted octanol–water partition coefficient (Wildman–Crippen LogP) is 3.73. The highest BCUT2D eigenvalue weighted by Gasteiger charge is 2.20. The number of sulfonamides is 1. The summed E-state index contributed by atoms with van der Waals surface area (Å²) in [6.07, 6.45) is 2.86. The van der Waals surface area contributed by atoms with Crippen molar-refractivity contribution in [1.82, 2.24) is 4.72 Å². The van der Waals surface area contributed by atoms with E-state index in [1.165, 1.54) is 5.56 Å². The van der Waals surface area contributed by atoms with Crippen LogP contribution in [0.5, 0.6) is 0 Å². The fraction of sp³-hybridized carbons (Fsp3) is 0.600. The first-order chi connectivity index (χ1) is 9.39. The third-order valence-electron chi connectivity index (χ3n) is 3.04. The van der Waals surface area contributed by atoms with Crippen LogP contribution in [0.4, 0.5) is 0 Å². The Labute approximate surface area is 131 Å². The van der Waals surface area contributed by atoms with Crippen molar-refractivity contribution in [3.63, 3.8) is 0 Å². The predicted molar refractivity (Wildman–Crippen MR) is 87.8 cm³/mol. The zero-order valence-corrected chi connectivity index (χ0v) is 14.8. The minimum Gasteiger partial charge on any atom is -0.207 e. The summed E-state index contributed by atoms with van der Waals surface area (Å²) in [7, 11) is -3.43. The average molecular weight is 362 g/mol. The molecule has 1 N–H and O–H groups in total. The molecule has 1 rings (SSSR count). The van der Waals surface area contributed by atoms with E-state index in [-0.39, 0.29) is 6.04 Å². The summed E-state index contributed by atoms with van der Waals surface area (Å²) in [4.78, 5) is 0.340. The number of alkyl halides is 1. The lowest BCUT2D eigenvalue weighted by atomic mass is 10.1. The van der Waals surface area contributed by atoms with E-state index < -0.39 is 10.0 Å². The van der Waals surface area contributed by atoms with Crippen LogP contribution in [0, 0.1) is 5.92 Å². The van der Waals surface area contributed by atoms with Crippen molar-refractivity contribution in [3.8, 4) is 0 Å². The molecule has 0 saturated heterocycles. The van der Waals surface area contributed by atoms with E-state index in [1.807, 2.05) is 12.1 Å². The van der Waals surface area contributed by atoms with Crippen molar-refractivity contribution >= 4 is 26.0 Å². The maximum Gasteiger partial charge on any atom is 0.240 e. The van der Waals surface area contributed by atoms with E-state index in [4.69, 9.17) is 0 Å². The van der Waals surface area contributed by atoms with Gasteiger partial charge in [-0.25, -0.2) is 13.1 Å². The minimum atomic E-state index is -3.43. The molecule has 114 valence electrons. The number of hydrogen-bond donors (Lipinski definition) is 1. The number of aryl methyl sites for hydroxylation is 1. The van der Waals surface area contributed by atoms with Crippen LogP contribution in [-0.2, 0) is 16.4 Å². The smallest absolute Gasteiger partial charge is 0.207 e. The molecule has 1 aromatic carbocycles. The fourth-order valence-corrected chi connectivity index (χ4v) is 4.01. The number of rotatable bonds is 8. The Morgan fingerprint density at radius 3 is 2.25 bits per heavy atom. The summed E-state index contributed by atoms with van der Waals surface area (Å²) in [6.45, 7) is 6.28. The quantitative estimate of drug-likeness (QED) is 0.717. The first-order valence-corrected chi connectivity index (χ1v) is 9.66. The van der Waals surface area contributed by atoms with Gasteiger partial charge in [0, 0.05) is 11.4 Å². The Balaban J connectivity index is 2.81. The second kappa shape index (κ2) is 8.15. The third kappa shape index (κ3) is 5.54. The third-order valence-corrected chi connectivity index (χ3v) is 5.35. The summed E-state index contributed by atoms with van der Waals surface area (Å²) in [5.74, 6) is 0.451. The Hall–Kier alpha value is -0.390. The summed E-state index contributed by atoms with van der Waals surface area (Å²) in [5, 5.41) is 0.623. The van der Waals surface area contributed by atoms with Crippen LogP contribution < -0.4 is 4.72 Å². The van der Waals surface area contributed by atoms with Crippen LogP contribution >= 0.6 is 15.9 Å². The Bertz CT molecular complexity index is 497. The molecule has 0 fully saturated rings. The fourth-order valence-electron chi connectivity index (χ4n) is 2.12. The highest BCUT2D eigenvalue weighted by molar-refractivity contribution is 9.09. The van der Waals surface area contributed by atoms with Gasteiger partial charge in [-0.15, -0.1) is 0 Å². The lowest BCUT2D eigenvalue weighted by molar-refractivity contribution is 0.488. The summed E-state index contributed by atoms with van der Waals surface area (Å²) >= 11 is 3.37. The molecule has 1 unspecified atom stereocenters. The van der Waals surface area contributed by atoms with Crippen molar-refractivity contribution in [1.29, 1.82) is 0 Å². The van der Waals surface area contributed by atoms with Gasteiger partial charge in [-0.2, -0.15) is 0 Å². The standard InChI is InChI=1S/C15H24BrNO2S/c1-4-5-13-6-8-15(9-7-13)20(18,19)17-14(11-16)10-12(2)3/h6-9,12,14,17H,4-5,10-11H2,1-3H3. The van der Waals surface area contributed by atoms with E-state index >= 15 is 0 Å². The first-order valence-electron chi connectivity index (χ1n) is 7.06. The summed E-state index contributed by atoms with van der Waals surface area (Å²) in [6, 6.07) is 7.09. The molecule has 1 atom stereocenters. The average Bonchev–Trinajstić information content (AvgIpc) is 2.38. The topological polar surface area (TPSA) is 46.2 Å². The zero-order chi connectivity index (χ0) is 15.2. The van der Waals surface area contributed by atoms with E-state index in [0.717, 1.165) is 19.3 Å². The van der Waals surface area contributed by atoms with E-state index in [1.54, 1.807) is 12.1 Å². The highest BCUT2D eigenvalue weighted by atomic mass is 79.9. The van der Waals surface area contributed by atoms with Crippen molar-refractivity contribution < 1.29 is 8.42 Å². The molecule has 0 aliphatic rings. The highest BCUT2D eigenvalue weighted by Crippen LogP contribution is 2.15. The maximum atomic E-state index is 12.3. The van der Waals surface area contributed by atoms with E-state index in [9.17, 15) is 8.42 Å². The van der Waals surface area contributed by atoms with Crippen LogP contribution in [0.3, 0.4) is 0 Å². The molecule has 5 heteroatoms. The van der Waals surface area contributed by atoms with Crippen molar-refractivity contribution in [2.45, 2.75) is 51.0 Å². The van der Waals surface area contributed by atoms with Crippen LogP contribution in [0.1, 0.15) is 39.2 Å². The van der Waals surface area contributed by atoms with Crippen molar-refractivity contribution in [3.05, 3.63) is 29.8 Å². The van der Waals surface area contributed by atoms with Crippen LogP contribution in [0.15, 0.2) is 29.2 Å². The molecule has 0 aromatic heterocycles. The molecule has 0 bridgehead atoms. The molecule has 0 spiro atoms. The van der Waals surface area contributed by atoms with Gasteiger partial charge in [0.05, 0.1) is 4.90 Å². The zero-order valence-electron chi connectivity index (χ0n) is 12.4. The molecule has 20 heavy (non-hydrogen) atoms. The largest absolute Gasteiger partial charge is 0.240 e. The van der Waals surface area contributed by atoms with Gasteiger partial charge in [0.2, 0.25) is 10.0 Å². The Morgan fingerprint density at radius 1 is 1.20 bits per heavy atom. The van der Waals surface area contributed by atoms with Gasteiger partial charge in [-0.05, 0) is 36.5 Å². The molecule has 0 saturated carbocycles. The number of benzene rings is 1. The number of hydrogen-bond acceptors (Lipinski definition) is 2. The van der Waals surface area contributed by atoms with Crippen molar-refractivity contribution in [2.75, 3.05) is 5.33 Å². The Kier molecular flexibility index (Phi) is 7.20. The lowest BCUT2D eigenvalue weighted by Gasteiger charge is -2.18. The first kappa shape index (κ1) is 17.7. The van der Waals surface area contributed by atoms with Crippen LogP contribution in [0.2, 0.25) is 0 Å². The van der Waals surface area contributed by atoms with Gasteiger partial charge in [-0.1, -0.05) is 55.3 Å². The van der Waals surface area contributed by atoms with Gasteiger partial charge >= 0.3 is 0 Å². The molecule has 0 amide bonds. The number of halogens is 1. The van der Waals surface area contributed by atoms with Crippen molar-refractivity contribution in [2.24, 2.45) is 5.92 Å². The molecule has 0 aliphatic carbocycles. The lowest BCUT2D eigenvalue weighted by Crippen LogP contribution is -2.37. The second-order valence-electron chi connectivity index (χ2n) is 5.50. The molecule has 0 radical (unpaired) electrons. The molecule has 3 nitrogen and oxygen atoms in total. The van der Waals surface area contributed by atoms with Gasteiger partial charge in [0.25, 0.3) is 0 Å². The second-order valence-corrected chi connectivity index (χ2v) is 7.86. The van der Waals surface area contributed by atoms with Gasteiger partial charge in [0.1, 0.15) is 0 Å². The van der Waals surface area contributed by atoms with Gasteiger partial charge in [-0.3, -0.25) is 0 Å². The van der Waals surface area contributed by atoms with Crippen LogP contribution in [-0.4, -0.2) is 19.8 Å². The van der Waals surface area contributed by atoms with E-state index in [2.05, 4.69) is 41.4 Å². The van der Waals surface area contributed by atoms with E-state index in [0.29, 0.717) is 16.1 Å². The number of nitrogens with one attached hydrogen (secondary N) is 1. The molecule has 1 aromatic rings. The molecule has 0 heterocycles. The summed E-state index contributed by atoms with van der Waals surface area (Å²) < 4.78 is 27.4. The minimum absolute atomic E-state index is 0.0738.